The van der Waals surface area contributed by atoms with Crippen molar-refractivity contribution < 1.29 is 19.1 Å². The van der Waals surface area contributed by atoms with Crippen LogP contribution >= 0.6 is 0 Å². The zero-order valence-corrected chi connectivity index (χ0v) is 18.8. The number of hydrogen-bond acceptors (Lipinski definition) is 7. The summed E-state index contributed by atoms with van der Waals surface area (Å²) in [5.41, 5.74) is 13.3. The van der Waals surface area contributed by atoms with E-state index in [9.17, 15) is 9.59 Å². The van der Waals surface area contributed by atoms with Crippen molar-refractivity contribution in [3.8, 4) is 0 Å². The topological polar surface area (TPSA) is 141 Å². The molecule has 0 fully saturated rings. The highest BCUT2D eigenvalue weighted by Gasteiger charge is 2.19. The van der Waals surface area contributed by atoms with Gasteiger partial charge in [-0.05, 0) is 77.9 Å². The lowest BCUT2D eigenvalue weighted by Gasteiger charge is -2.22. The summed E-state index contributed by atoms with van der Waals surface area (Å²) in [4.78, 5) is 24.5. The summed E-state index contributed by atoms with van der Waals surface area (Å²) >= 11 is 0. The van der Waals surface area contributed by atoms with E-state index in [0.29, 0.717) is 34.1 Å². The average Bonchev–Trinajstić information content (AvgIpc) is 2.55. The minimum atomic E-state index is -0.653. The summed E-state index contributed by atoms with van der Waals surface area (Å²) in [7, 11) is 0. The molecule has 0 aromatic heterocycles. The lowest BCUT2D eigenvalue weighted by atomic mass is 10.2. The molecular formula is C22H31N5O4. The van der Waals surface area contributed by atoms with Gasteiger partial charge in [-0.25, -0.2) is 9.59 Å². The van der Waals surface area contributed by atoms with Crippen molar-refractivity contribution in [2.75, 3.05) is 27.4 Å². The molecule has 31 heavy (non-hydrogen) atoms. The molecule has 0 saturated carbocycles. The Labute approximate surface area is 182 Å². The van der Waals surface area contributed by atoms with Crippen LogP contribution in [-0.4, -0.2) is 23.4 Å². The van der Waals surface area contributed by atoms with Gasteiger partial charge in [0.1, 0.15) is 11.2 Å². The summed E-state index contributed by atoms with van der Waals surface area (Å²) in [6.07, 6.45) is -1.24. The lowest BCUT2D eigenvalue weighted by Crippen LogP contribution is -2.27. The molecule has 168 valence electrons. The van der Waals surface area contributed by atoms with Crippen LogP contribution in [0.25, 0.3) is 0 Å². The zero-order chi connectivity index (χ0) is 23.4. The predicted molar refractivity (Wildman–Crippen MR) is 125 cm³/mol. The number of benzene rings is 2. The zero-order valence-electron chi connectivity index (χ0n) is 18.8. The number of carbonyl (C=O) groups is 2. The first kappa shape index (κ1) is 23.7. The molecule has 9 nitrogen and oxygen atoms in total. The largest absolute Gasteiger partial charge is 0.444 e. The SMILES string of the molecule is CC(C)(C)OC(=O)Nc1cc(N)ccc1Nc1ccc(N)cc1NC(=O)OC(C)(C)C. The number of nitrogens with two attached hydrogens (primary N) is 2. The van der Waals surface area contributed by atoms with Gasteiger partial charge >= 0.3 is 12.2 Å². The number of nitrogens with one attached hydrogen (secondary N) is 3. The van der Waals surface area contributed by atoms with Crippen molar-refractivity contribution in [3.05, 3.63) is 36.4 Å². The Bertz CT molecular complexity index is 884. The van der Waals surface area contributed by atoms with E-state index in [-0.39, 0.29) is 0 Å². The molecule has 0 saturated heterocycles. The monoisotopic (exact) mass is 429 g/mol. The first-order valence-electron chi connectivity index (χ1n) is 9.78. The molecule has 0 unspecified atom stereocenters. The minimum absolute atomic E-state index is 0.411. The van der Waals surface area contributed by atoms with E-state index >= 15 is 0 Å². The van der Waals surface area contributed by atoms with Crippen LogP contribution < -0.4 is 27.4 Å². The van der Waals surface area contributed by atoms with Gasteiger partial charge in [0.2, 0.25) is 0 Å². The molecule has 0 spiro atoms. The van der Waals surface area contributed by atoms with Crippen LogP contribution in [0.1, 0.15) is 41.5 Å². The fourth-order valence-electron chi connectivity index (χ4n) is 2.52. The van der Waals surface area contributed by atoms with Crippen molar-refractivity contribution >= 4 is 46.3 Å². The second kappa shape index (κ2) is 9.03. The van der Waals surface area contributed by atoms with Gasteiger partial charge in [0.15, 0.2) is 0 Å². The third-order valence-corrected chi connectivity index (χ3v) is 3.63. The van der Waals surface area contributed by atoms with E-state index in [1.807, 2.05) is 0 Å². The molecule has 0 aliphatic heterocycles. The van der Waals surface area contributed by atoms with Gasteiger partial charge in [0.25, 0.3) is 0 Å². The van der Waals surface area contributed by atoms with Crippen LogP contribution in [0.5, 0.6) is 0 Å². The fraction of sp³-hybridized carbons (Fsp3) is 0.364. The van der Waals surface area contributed by atoms with Gasteiger partial charge in [-0.2, -0.15) is 0 Å². The third-order valence-electron chi connectivity index (χ3n) is 3.63. The van der Waals surface area contributed by atoms with Crippen LogP contribution in [0.3, 0.4) is 0 Å². The van der Waals surface area contributed by atoms with Crippen LogP contribution in [0.2, 0.25) is 0 Å². The highest BCUT2D eigenvalue weighted by Crippen LogP contribution is 2.33. The van der Waals surface area contributed by atoms with Gasteiger partial charge in [0.05, 0.1) is 22.7 Å². The van der Waals surface area contributed by atoms with Crippen LogP contribution in [0.15, 0.2) is 36.4 Å². The second-order valence-corrected chi connectivity index (χ2v) is 8.99. The van der Waals surface area contributed by atoms with E-state index in [1.165, 1.54) is 0 Å². The summed E-state index contributed by atoms with van der Waals surface area (Å²) in [5.74, 6) is 0. The average molecular weight is 430 g/mol. The maximum atomic E-state index is 12.2. The Hall–Kier alpha value is -3.62. The smallest absolute Gasteiger partial charge is 0.412 e. The maximum absolute atomic E-state index is 12.2. The van der Waals surface area contributed by atoms with Crippen molar-refractivity contribution in [1.29, 1.82) is 0 Å². The van der Waals surface area contributed by atoms with Crippen molar-refractivity contribution in [2.24, 2.45) is 0 Å². The normalized spacial score (nSPS) is 11.4. The van der Waals surface area contributed by atoms with Gasteiger partial charge in [0, 0.05) is 11.4 Å². The predicted octanol–water partition coefficient (Wildman–Crippen LogP) is 5.29. The minimum Gasteiger partial charge on any atom is -0.444 e. The molecule has 2 aromatic carbocycles. The molecular weight excluding hydrogens is 398 g/mol. The molecule has 0 radical (unpaired) electrons. The first-order chi connectivity index (χ1) is 14.2. The Morgan fingerprint density at radius 3 is 1.35 bits per heavy atom. The highest BCUT2D eigenvalue weighted by atomic mass is 16.6. The van der Waals surface area contributed by atoms with Gasteiger partial charge < -0.3 is 26.3 Å². The number of hydrogen-bond donors (Lipinski definition) is 5. The van der Waals surface area contributed by atoms with Crippen LogP contribution in [-0.2, 0) is 9.47 Å². The Morgan fingerprint density at radius 2 is 1.03 bits per heavy atom. The number of carbonyl (C=O) groups excluding carboxylic acids is 2. The molecule has 9 heteroatoms. The van der Waals surface area contributed by atoms with E-state index < -0.39 is 23.4 Å². The second-order valence-electron chi connectivity index (χ2n) is 8.99. The standard InChI is InChI=1S/C22H31N5O4/c1-21(2,3)30-19(28)26-17-11-13(23)7-9-15(17)25-16-10-8-14(24)12-18(16)27-20(29)31-22(4,5)6/h7-12,25H,23-24H2,1-6H3,(H,26,28)(H,27,29). The van der Waals surface area contributed by atoms with Crippen LogP contribution in [0.4, 0.5) is 43.7 Å². The van der Waals surface area contributed by atoms with E-state index in [1.54, 1.807) is 77.9 Å². The molecule has 0 aliphatic rings. The highest BCUT2D eigenvalue weighted by molar-refractivity contribution is 5.95. The lowest BCUT2D eigenvalue weighted by molar-refractivity contribution is 0.0624. The molecule has 0 atom stereocenters. The Morgan fingerprint density at radius 1 is 0.677 bits per heavy atom. The number of ether oxygens (including phenoxy) is 2. The van der Waals surface area contributed by atoms with Crippen LogP contribution in [0, 0.1) is 0 Å². The first-order valence-corrected chi connectivity index (χ1v) is 9.78. The molecule has 2 rings (SSSR count). The molecule has 0 heterocycles. The summed E-state index contributed by atoms with van der Waals surface area (Å²) in [6.45, 7) is 10.6. The Kier molecular flexibility index (Phi) is 6.89. The molecule has 2 aromatic rings. The van der Waals surface area contributed by atoms with Crippen molar-refractivity contribution in [2.45, 2.75) is 52.7 Å². The molecule has 2 amide bonds. The number of amides is 2. The Balaban J connectivity index is 2.30. The summed E-state index contributed by atoms with van der Waals surface area (Å²) in [6, 6.07) is 9.97. The molecule has 7 N–H and O–H groups in total. The quantitative estimate of drug-likeness (QED) is 0.416. The molecule has 0 bridgehead atoms. The van der Waals surface area contributed by atoms with E-state index in [2.05, 4.69) is 16.0 Å². The molecule has 0 aliphatic carbocycles. The number of rotatable bonds is 4. The van der Waals surface area contributed by atoms with Gasteiger partial charge in [-0.3, -0.25) is 10.6 Å². The van der Waals surface area contributed by atoms with Gasteiger partial charge in [-0.1, -0.05) is 0 Å². The maximum Gasteiger partial charge on any atom is 0.412 e. The number of anilines is 6. The number of nitrogen functional groups attached to an aromatic ring is 2. The van der Waals surface area contributed by atoms with Crippen molar-refractivity contribution in [1.82, 2.24) is 0 Å². The summed E-state index contributed by atoms with van der Waals surface area (Å²) in [5, 5.41) is 8.56. The van der Waals surface area contributed by atoms with Gasteiger partial charge in [-0.15, -0.1) is 0 Å². The summed E-state index contributed by atoms with van der Waals surface area (Å²) < 4.78 is 10.6. The third kappa shape index (κ3) is 7.96. The van der Waals surface area contributed by atoms with Crippen molar-refractivity contribution in [3.63, 3.8) is 0 Å². The van der Waals surface area contributed by atoms with E-state index in [0.717, 1.165) is 0 Å². The van der Waals surface area contributed by atoms with E-state index in [4.69, 9.17) is 20.9 Å². The fourth-order valence-corrected chi connectivity index (χ4v) is 2.52.